The normalized spacial score (nSPS) is 11.1. The van der Waals surface area contributed by atoms with Crippen LogP contribution in [0, 0.1) is 0 Å². The molecular weight excluding hydrogens is 224 g/mol. The van der Waals surface area contributed by atoms with Gasteiger partial charge in [-0.05, 0) is 18.2 Å². The maximum Gasteiger partial charge on any atom is 0.122 e. The highest BCUT2D eigenvalue weighted by Crippen LogP contribution is 2.14. The van der Waals surface area contributed by atoms with Gasteiger partial charge in [0.2, 0.25) is 0 Å². The molecule has 0 radical (unpaired) electrons. The third kappa shape index (κ3) is 3.22. The Balaban J connectivity index is 2.02. The number of hydrogen-bond donors (Lipinski definition) is 1. The van der Waals surface area contributed by atoms with E-state index >= 15 is 0 Å². The molecule has 0 aliphatic heterocycles. The van der Waals surface area contributed by atoms with Crippen molar-refractivity contribution in [1.82, 2.24) is 4.90 Å². The van der Waals surface area contributed by atoms with Crippen LogP contribution in [0.25, 0.3) is 0 Å². The summed E-state index contributed by atoms with van der Waals surface area (Å²) in [5, 5.41) is 0. The molecule has 0 atom stereocenters. The van der Waals surface area contributed by atoms with Gasteiger partial charge in [-0.3, -0.25) is 4.90 Å². The summed E-state index contributed by atoms with van der Waals surface area (Å²) in [6.07, 6.45) is 1.72. The van der Waals surface area contributed by atoms with E-state index < -0.39 is 0 Å². The maximum atomic E-state index is 5.69. The van der Waals surface area contributed by atoms with E-state index in [1.807, 2.05) is 12.1 Å². The van der Waals surface area contributed by atoms with E-state index in [1.165, 1.54) is 5.56 Å². The van der Waals surface area contributed by atoms with Crippen LogP contribution in [0.3, 0.4) is 0 Å². The van der Waals surface area contributed by atoms with Crippen molar-refractivity contribution in [1.29, 1.82) is 0 Å². The molecule has 2 aromatic rings. The lowest BCUT2D eigenvalue weighted by molar-refractivity contribution is 0.246. The summed E-state index contributed by atoms with van der Waals surface area (Å²) in [6.45, 7) is 5.43. The molecule has 1 heterocycles. The van der Waals surface area contributed by atoms with Crippen molar-refractivity contribution in [2.45, 2.75) is 26.6 Å². The molecule has 0 bridgehead atoms. The van der Waals surface area contributed by atoms with E-state index in [0.29, 0.717) is 6.54 Å². The first-order valence-electron chi connectivity index (χ1n) is 6.35. The average molecular weight is 244 g/mol. The highest BCUT2D eigenvalue weighted by molar-refractivity contribution is 5.18. The minimum absolute atomic E-state index is 0.536. The quantitative estimate of drug-likeness (QED) is 0.849. The Morgan fingerprint density at radius 3 is 2.56 bits per heavy atom. The van der Waals surface area contributed by atoms with E-state index in [2.05, 4.69) is 36.1 Å². The Labute approximate surface area is 108 Å². The maximum absolute atomic E-state index is 5.69. The van der Waals surface area contributed by atoms with Crippen molar-refractivity contribution in [3.05, 3.63) is 59.5 Å². The summed E-state index contributed by atoms with van der Waals surface area (Å²) in [5.41, 5.74) is 8.10. The molecule has 2 N–H and O–H groups in total. The van der Waals surface area contributed by atoms with E-state index in [1.54, 1.807) is 6.26 Å². The molecule has 0 aliphatic carbocycles. The highest BCUT2D eigenvalue weighted by atomic mass is 16.3. The van der Waals surface area contributed by atoms with Gasteiger partial charge in [0.15, 0.2) is 0 Å². The van der Waals surface area contributed by atoms with Gasteiger partial charge in [0.1, 0.15) is 5.76 Å². The molecule has 1 aromatic carbocycles. The molecular formula is C15H20N2O. The average Bonchev–Trinajstić information content (AvgIpc) is 2.86. The lowest BCUT2D eigenvalue weighted by Crippen LogP contribution is -2.22. The van der Waals surface area contributed by atoms with Gasteiger partial charge in [0.25, 0.3) is 0 Å². The fourth-order valence-corrected chi connectivity index (χ4v) is 2.01. The van der Waals surface area contributed by atoms with Crippen LogP contribution in [-0.2, 0) is 19.6 Å². The SMILES string of the molecule is CCN(Cc1ccccc1)Cc1occc1CN. The molecule has 3 nitrogen and oxygen atoms in total. The molecule has 0 saturated carbocycles. The van der Waals surface area contributed by atoms with Gasteiger partial charge in [-0.15, -0.1) is 0 Å². The molecule has 0 spiro atoms. The van der Waals surface area contributed by atoms with Gasteiger partial charge < -0.3 is 10.2 Å². The number of nitrogens with zero attached hydrogens (tertiary/aromatic N) is 1. The van der Waals surface area contributed by atoms with Gasteiger partial charge >= 0.3 is 0 Å². The number of furan rings is 1. The first-order chi connectivity index (χ1) is 8.83. The van der Waals surface area contributed by atoms with Crippen molar-refractivity contribution in [3.8, 4) is 0 Å². The summed E-state index contributed by atoms with van der Waals surface area (Å²) in [4.78, 5) is 2.34. The van der Waals surface area contributed by atoms with Crippen LogP contribution in [-0.4, -0.2) is 11.4 Å². The largest absolute Gasteiger partial charge is 0.468 e. The monoisotopic (exact) mass is 244 g/mol. The van der Waals surface area contributed by atoms with Crippen molar-refractivity contribution < 1.29 is 4.42 Å². The van der Waals surface area contributed by atoms with Gasteiger partial charge in [-0.25, -0.2) is 0 Å². The zero-order valence-corrected chi connectivity index (χ0v) is 10.8. The number of nitrogens with two attached hydrogens (primary N) is 1. The van der Waals surface area contributed by atoms with Crippen LogP contribution in [0.15, 0.2) is 47.1 Å². The molecule has 18 heavy (non-hydrogen) atoms. The predicted octanol–water partition coefficient (Wildman–Crippen LogP) is 2.76. The summed E-state index contributed by atoms with van der Waals surface area (Å²) in [6, 6.07) is 12.4. The van der Waals surface area contributed by atoms with Crippen LogP contribution < -0.4 is 5.73 Å². The summed E-state index contributed by atoms with van der Waals surface area (Å²) in [7, 11) is 0. The summed E-state index contributed by atoms with van der Waals surface area (Å²) >= 11 is 0. The third-order valence-electron chi connectivity index (χ3n) is 3.12. The van der Waals surface area contributed by atoms with E-state index in [-0.39, 0.29) is 0 Å². The first kappa shape index (κ1) is 12.9. The van der Waals surface area contributed by atoms with Crippen molar-refractivity contribution in [2.24, 2.45) is 5.73 Å². The van der Waals surface area contributed by atoms with Crippen LogP contribution in [0.5, 0.6) is 0 Å². The molecule has 0 amide bonds. The molecule has 3 heteroatoms. The molecule has 1 aromatic heterocycles. The first-order valence-corrected chi connectivity index (χ1v) is 6.35. The van der Waals surface area contributed by atoms with E-state index in [0.717, 1.165) is 31.0 Å². The molecule has 0 saturated heterocycles. The Morgan fingerprint density at radius 2 is 1.89 bits per heavy atom. The van der Waals surface area contributed by atoms with Gasteiger partial charge in [0.05, 0.1) is 12.8 Å². The summed E-state index contributed by atoms with van der Waals surface area (Å²) < 4.78 is 5.50. The molecule has 0 unspecified atom stereocenters. The van der Waals surface area contributed by atoms with Crippen LogP contribution in [0.2, 0.25) is 0 Å². The number of hydrogen-bond acceptors (Lipinski definition) is 3. The second-order valence-corrected chi connectivity index (χ2v) is 4.36. The highest BCUT2D eigenvalue weighted by Gasteiger charge is 2.10. The van der Waals surface area contributed by atoms with Gasteiger partial charge in [0, 0.05) is 18.7 Å². The summed E-state index contributed by atoms with van der Waals surface area (Å²) in [5.74, 6) is 0.982. The standard InChI is InChI=1S/C15H20N2O/c1-2-17(11-13-6-4-3-5-7-13)12-15-14(10-16)8-9-18-15/h3-9H,2,10-12,16H2,1H3. The van der Waals surface area contributed by atoms with Crippen molar-refractivity contribution in [3.63, 3.8) is 0 Å². The van der Waals surface area contributed by atoms with Gasteiger partial charge in [-0.1, -0.05) is 37.3 Å². The smallest absolute Gasteiger partial charge is 0.122 e. The molecule has 96 valence electrons. The van der Waals surface area contributed by atoms with Crippen LogP contribution in [0.1, 0.15) is 23.8 Å². The topological polar surface area (TPSA) is 42.4 Å². The predicted molar refractivity (Wildman–Crippen MR) is 72.8 cm³/mol. The second-order valence-electron chi connectivity index (χ2n) is 4.36. The minimum atomic E-state index is 0.536. The Kier molecular flexibility index (Phi) is 4.56. The zero-order chi connectivity index (χ0) is 12.8. The second kappa shape index (κ2) is 6.38. The zero-order valence-electron chi connectivity index (χ0n) is 10.8. The molecule has 2 rings (SSSR count). The Bertz CT molecular complexity index is 464. The van der Waals surface area contributed by atoms with Crippen molar-refractivity contribution >= 4 is 0 Å². The van der Waals surface area contributed by atoms with E-state index in [9.17, 15) is 0 Å². The molecule has 0 aliphatic rings. The number of benzene rings is 1. The Hall–Kier alpha value is -1.58. The van der Waals surface area contributed by atoms with Crippen LogP contribution in [0.4, 0.5) is 0 Å². The molecule has 0 fully saturated rings. The van der Waals surface area contributed by atoms with Crippen LogP contribution >= 0.6 is 0 Å². The Morgan fingerprint density at radius 1 is 1.11 bits per heavy atom. The fourth-order valence-electron chi connectivity index (χ4n) is 2.01. The third-order valence-corrected chi connectivity index (χ3v) is 3.12. The number of rotatable bonds is 6. The lowest BCUT2D eigenvalue weighted by atomic mass is 10.2. The van der Waals surface area contributed by atoms with Gasteiger partial charge in [-0.2, -0.15) is 0 Å². The fraction of sp³-hybridized carbons (Fsp3) is 0.333. The van der Waals surface area contributed by atoms with E-state index in [4.69, 9.17) is 10.2 Å². The lowest BCUT2D eigenvalue weighted by Gasteiger charge is -2.19. The van der Waals surface area contributed by atoms with Crippen molar-refractivity contribution in [2.75, 3.05) is 6.54 Å². The minimum Gasteiger partial charge on any atom is -0.468 e.